The Hall–Kier alpha value is -2.14. The normalized spacial score (nSPS) is 15.2. The van der Waals surface area contributed by atoms with Crippen LogP contribution in [0.25, 0.3) is 11.1 Å². The van der Waals surface area contributed by atoms with Crippen LogP contribution in [0.4, 0.5) is 0 Å². The van der Waals surface area contributed by atoms with Crippen LogP contribution < -0.4 is 0 Å². The number of piperidine rings is 1. The van der Waals surface area contributed by atoms with Crippen molar-refractivity contribution in [1.29, 1.82) is 0 Å². The Labute approximate surface area is 152 Å². The minimum Gasteiger partial charge on any atom is -0.451 e. The number of aryl methyl sites for hydroxylation is 1. The van der Waals surface area contributed by atoms with Crippen molar-refractivity contribution in [3.63, 3.8) is 0 Å². The standard InChI is InChI=1S/C20H23NO3S/c1-14-3-5-16(6-4-14)17-9-12-25-19(17)20(23)24-13-18(22)21-10-7-15(2)8-11-21/h3-6,9,12,15H,7-8,10-11,13H2,1-2H3. The van der Waals surface area contributed by atoms with Crippen molar-refractivity contribution >= 4 is 23.2 Å². The Kier molecular flexibility index (Phi) is 5.53. The molecular formula is C20H23NO3S. The van der Waals surface area contributed by atoms with Gasteiger partial charge in [0, 0.05) is 18.7 Å². The zero-order valence-corrected chi connectivity index (χ0v) is 15.5. The Morgan fingerprint density at radius 2 is 1.84 bits per heavy atom. The molecule has 1 aromatic heterocycles. The summed E-state index contributed by atoms with van der Waals surface area (Å²) in [5, 5.41) is 1.87. The van der Waals surface area contributed by atoms with E-state index in [9.17, 15) is 9.59 Å². The second kappa shape index (κ2) is 7.83. The first-order valence-electron chi connectivity index (χ1n) is 8.64. The number of hydrogen-bond acceptors (Lipinski definition) is 4. The molecular weight excluding hydrogens is 334 g/mol. The molecule has 0 saturated carbocycles. The molecule has 0 bridgehead atoms. The van der Waals surface area contributed by atoms with Gasteiger partial charge in [0.2, 0.25) is 0 Å². The first kappa shape index (κ1) is 17.7. The lowest BCUT2D eigenvalue weighted by molar-refractivity contribution is -0.135. The summed E-state index contributed by atoms with van der Waals surface area (Å²) in [5.41, 5.74) is 3.01. The maximum absolute atomic E-state index is 12.4. The van der Waals surface area contributed by atoms with Gasteiger partial charge in [-0.3, -0.25) is 4.79 Å². The van der Waals surface area contributed by atoms with Gasteiger partial charge in [-0.2, -0.15) is 0 Å². The summed E-state index contributed by atoms with van der Waals surface area (Å²) in [4.78, 5) is 27.0. The van der Waals surface area contributed by atoms with E-state index in [1.165, 1.54) is 16.9 Å². The van der Waals surface area contributed by atoms with E-state index in [1.54, 1.807) is 4.90 Å². The lowest BCUT2D eigenvalue weighted by Crippen LogP contribution is -2.40. The topological polar surface area (TPSA) is 46.6 Å². The first-order chi connectivity index (χ1) is 12.0. The molecule has 1 saturated heterocycles. The van der Waals surface area contributed by atoms with Gasteiger partial charge < -0.3 is 9.64 Å². The van der Waals surface area contributed by atoms with E-state index < -0.39 is 5.97 Å². The molecule has 0 aliphatic carbocycles. The molecule has 1 amide bonds. The fourth-order valence-electron chi connectivity index (χ4n) is 2.97. The molecule has 2 heterocycles. The second-order valence-electron chi connectivity index (χ2n) is 6.67. The molecule has 5 heteroatoms. The third-order valence-electron chi connectivity index (χ3n) is 4.68. The van der Waals surface area contributed by atoms with E-state index >= 15 is 0 Å². The Bertz CT molecular complexity index is 743. The average Bonchev–Trinajstić information content (AvgIpc) is 3.10. The van der Waals surface area contributed by atoms with Crippen LogP contribution in [0.1, 0.15) is 35.0 Å². The lowest BCUT2D eigenvalue weighted by atomic mass is 9.99. The average molecular weight is 357 g/mol. The van der Waals surface area contributed by atoms with Crippen molar-refractivity contribution in [3.05, 3.63) is 46.2 Å². The van der Waals surface area contributed by atoms with Gasteiger partial charge in [-0.1, -0.05) is 36.8 Å². The van der Waals surface area contributed by atoms with Crippen LogP contribution in [-0.4, -0.2) is 36.5 Å². The van der Waals surface area contributed by atoms with Crippen molar-refractivity contribution in [2.24, 2.45) is 5.92 Å². The van der Waals surface area contributed by atoms with Crippen LogP contribution in [-0.2, 0) is 9.53 Å². The lowest BCUT2D eigenvalue weighted by Gasteiger charge is -2.30. The SMILES string of the molecule is Cc1ccc(-c2ccsc2C(=O)OCC(=O)N2CCC(C)CC2)cc1. The number of carbonyl (C=O) groups is 2. The molecule has 0 radical (unpaired) electrons. The molecule has 132 valence electrons. The fourth-order valence-corrected chi connectivity index (χ4v) is 3.78. The summed E-state index contributed by atoms with van der Waals surface area (Å²) in [5.74, 6) is 0.132. The van der Waals surface area contributed by atoms with Crippen LogP contribution in [0.2, 0.25) is 0 Å². The van der Waals surface area contributed by atoms with Gasteiger partial charge in [0.25, 0.3) is 5.91 Å². The van der Waals surface area contributed by atoms with Crippen molar-refractivity contribution < 1.29 is 14.3 Å². The third-order valence-corrected chi connectivity index (χ3v) is 5.57. The highest BCUT2D eigenvalue weighted by atomic mass is 32.1. The van der Waals surface area contributed by atoms with Crippen LogP contribution in [0.5, 0.6) is 0 Å². The molecule has 0 spiro atoms. The van der Waals surface area contributed by atoms with E-state index in [0.717, 1.165) is 37.1 Å². The van der Waals surface area contributed by atoms with E-state index in [4.69, 9.17) is 4.74 Å². The van der Waals surface area contributed by atoms with E-state index in [-0.39, 0.29) is 12.5 Å². The molecule has 2 aromatic rings. The fraction of sp³-hybridized carbons (Fsp3) is 0.400. The molecule has 0 unspecified atom stereocenters. The summed E-state index contributed by atoms with van der Waals surface area (Å²) in [6.07, 6.45) is 2.03. The molecule has 0 N–H and O–H groups in total. The van der Waals surface area contributed by atoms with Crippen molar-refractivity contribution in [1.82, 2.24) is 4.90 Å². The molecule has 3 rings (SSSR count). The zero-order chi connectivity index (χ0) is 17.8. The summed E-state index contributed by atoms with van der Waals surface area (Å²) >= 11 is 1.34. The molecule has 1 aliphatic rings. The third kappa shape index (κ3) is 4.28. The van der Waals surface area contributed by atoms with Crippen LogP contribution in [0.15, 0.2) is 35.7 Å². The van der Waals surface area contributed by atoms with E-state index in [0.29, 0.717) is 10.8 Å². The molecule has 0 atom stereocenters. The molecule has 1 aliphatic heterocycles. The molecule has 1 fully saturated rings. The number of carbonyl (C=O) groups excluding carboxylic acids is 2. The number of ether oxygens (including phenoxy) is 1. The molecule has 25 heavy (non-hydrogen) atoms. The maximum atomic E-state index is 12.4. The van der Waals surface area contributed by atoms with E-state index in [2.05, 4.69) is 6.92 Å². The number of thiophene rings is 1. The predicted octanol–water partition coefficient (Wildman–Crippen LogP) is 4.14. The number of rotatable bonds is 4. The van der Waals surface area contributed by atoms with Gasteiger partial charge in [0.15, 0.2) is 6.61 Å². The van der Waals surface area contributed by atoms with Gasteiger partial charge in [0.1, 0.15) is 4.88 Å². The minimum absolute atomic E-state index is 0.103. The summed E-state index contributed by atoms with van der Waals surface area (Å²) in [7, 11) is 0. The van der Waals surface area contributed by atoms with Gasteiger partial charge in [-0.05, 0) is 42.7 Å². The molecule has 1 aromatic carbocycles. The van der Waals surface area contributed by atoms with Gasteiger partial charge >= 0.3 is 5.97 Å². The van der Waals surface area contributed by atoms with Gasteiger partial charge in [-0.25, -0.2) is 4.79 Å². The predicted molar refractivity (Wildman–Crippen MR) is 99.8 cm³/mol. The highest BCUT2D eigenvalue weighted by Gasteiger charge is 2.22. The smallest absolute Gasteiger partial charge is 0.349 e. The Balaban J connectivity index is 1.61. The summed E-state index contributed by atoms with van der Waals surface area (Å²) in [6.45, 7) is 5.56. The number of benzene rings is 1. The monoisotopic (exact) mass is 357 g/mol. The number of nitrogens with zero attached hydrogens (tertiary/aromatic N) is 1. The number of likely N-dealkylation sites (tertiary alicyclic amines) is 1. The zero-order valence-electron chi connectivity index (χ0n) is 14.7. The summed E-state index contributed by atoms with van der Waals surface area (Å²) < 4.78 is 5.29. The van der Waals surface area contributed by atoms with Crippen molar-refractivity contribution in [2.45, 2.75) is 26.7 Å². The first-order valence-corrected chi connectivity index (χ1v) is 9.52. The largest absolute Gasteiger partial charge is 0.451 e. The highest BCUT2D eigenvalue weighted by molar-refractivity contribution is 7.12. The number of esters is 1. The van der Waals surface area contributed by atoms with Gasteiger partial charge in [-0.15, -0.1) is 11.3 Å². The minimum atomic E-state index is -0.427. The maximum Gasteiger partial charge on any atom is 0.349 e. The number of hydrogen-bond donors (Lipinski definition) is 0. The Morgan fingerprint density at radius 1 is 1.16 bits per heavy atom. The van der Waals surface area contributed by atoms with Crippen molar-refractivity contribution in [3.8, 4) is 11.1 Å². The molecule has 4 nitrogen and oxygen atoms in total. The van der Waals surface area contributed by atoms with Crippen molar-refractivity contribution in [2.75, 3.05) is 19.7 Å². The van der Waals surface area contributed by atoms with Crippen LogP contribution in [0, 0.1) is 12.8 Å². The summed E-state index contributed by atoms with van der Waals surface area (Å²) in [6, 6.07) is 9.94. The van der Waals surface area contributed by atoms with Crippen LogP contribution >= 0.6 is 11.3 Å². The highest BCUT2D eigenvalue weighted by Crippen LogP contribution is 2.29. The quantitative estimate of drug-likeness (QED) is 0.773. The van der Waals surface area contributed by atoms with E-state index in [1.807, 2.05) is 42.6 Å². The Morgan fingerprint density at radius 3 is 2.52 bits per heavy atom. The van der Waals surface area contributed by atoms with Gasteiger partial charge in [0.05, 0.1) is 0 Å². The second-order valence-corrected chi connectivity index (χ2v) is 7.58. The number of amides is 1. The van der Waals surface area contributed by atoms with Crippen LogP contribution in [0.3, 0.4) is 0 Å².